The Balaban J connectivity index is 2.14. The maximum atomic E-state index is 5.14. The van der Waals surface area contributed by atoms with Crippen LogP contribution < -0.4 is 5.32 Å². The van der Waals surface area contributed by atoms with E-state index in [1.165, 1.54) is 4.88 Å². The van der Waals surface area contributed by atoms with Gasteiger partial charge in [0, 0.05) is 24.2 Å². The summed E-state index contributed by atoms with van der Waals surface area (Å²) in [6, 6.07) is 0.230. The van der Waals surface area contributed by atoms with Crippen molar-refractivity contribution in [2.24, 2.45) is 0 Å². The maximum Gasteiger partial charge on any atom is 0.203 e. The summed E-state index contributed by atoms with van der Waals surface area (Å²) in [6.45, 7) is 7.58. The Bertz CT molecular complexity index is 534. The first-order chi connectivity index (χ1) is 9.10. The molecule has 1 unspecified atom stereocenters. The first-order valence-electron chi connectivity index (χ1n) is 6.28. The van der Waals surface area contributed by atoms with Crippen LogP contribution in [0.3, 0.4) is 0 Å². The highest BCUT2D eigenvalue weighted by Gasteiger charge is 2.11. The van der Waals surface area contributed by atoms with E-state index in [2.05, 4.69) is 33.0 Å². The molecular formula is C13H20N4OS. The summed E-state index contributed by atoms with van der Waals surface area (Å²) >= 11 is 1.68. The topological polar surface area (TPSA) is 52.0 Å². The molecule has 104 valence electrons. The van der Waals surface area contributed by atoms with Crippen molar-refractivity contribution in [3.05, 3.63) is 28.0 Å². The van der Waals surface area contributed by atoms with Crippen LogP contribution in [0.15, 0.2) is 11.7 Å². The number of thiazole rings is 1. The molecule has 0 fully saturated rings. The lowest BCUT2D eigenvalue weighted by Gasteiger charge is -2.14. The van der Waals surface area contributed by atoms with Gasteiger partial charge in [-0.05, 0) is 20.8 Å². The Morgan fingerprint density at radius 2 is 2.26 bits per heavy atom. The number of aromatic nitrogens is 3. The molecule has 2 aromatic heterocycles. The largest absolute Gasteiger partial charge is 0.383 e. The minimum atomic E-state index is 0.230. The number of nitrogens with one attached hydrogen (secondary N) is 1. The second kappa shape index (κ2) is 6.16. The van der Waals surface area contributed by atoms with Gasteiger partial charge in [0.25, 0.3) is 0 Å². The molecule has 0 saturated carbocycles. The molecule has 1 N–H and O–H groups in total. The minimum absolute atomic E-state index is 0.230. The zero-order chi connectivity index (χ0) is 13.8. The van der Waals surface area contributed by atoms with Crippen molar-refractivity contribution in [2.45, 2.75) is 33.4 Å². The number of hydrogen-bond acceptors (Lipinski definition) is 5. The molecule has 0 saturated heterocycles. The molecule has 0 bridgehead atoms. The Kier molecular flexibility index (Phi) is 4.55. The maximum absolute atomic E-state index is 5.14. The molecular weight excluding hydrogens is 260 g/mol. The fourth-order valence-corrected chi connectivity index (χ4v) is 2.70. The molecule has 2 rings (SSSR count). The third-order valence-corrected chi connectivity index (χ3v) is 3.77. The summed E-state index contributed by atoms with van der Waals surface area (Å²) < 4.78 is 7.27. The summed E-state index contributed by atoms with van der Waals surface area (Å²) in [5.74, 6) is 0.884. The van der Waals surface area contributed by atoms with E-state index in [-0.39, 0.29) is 6.04 Å². The first kappa shape index (κ1) is 14.0. The third-order valence-electron chi connectivity index (χ3n) is 2.85. The Labute approximate surface area is 117 Å². The van der Waals surface area contributed by atoms with Gasteiger partial charge in [0.15, 0.2) is 0 Å². The van der Waals surface area contributed by atoms with Crippen LogP contribution in [0, 0.1) is 13.8 Å². The smallest absolute Gasteiger partial charge is 0.203 e. The number of nitrogens with zero attached hydrogens (tertiary/aromatic N) is 3. The predicted octanol–water partition coefficient (Wildman–Crippen LogP) is 2.45. The van der Waals surface area contributed by atoms with Crippen LogP contribution in [-0.2, 0) is 11.3 Å². The lowest BCUT2D eigenvalue weighted by molar-refractivity contribution is 0.190. The number of ether oxygens (including phenoxy) is 1. The molecule has 0 aliphatic rings. The summed E-state index contributed by atoms with van der Waals surface area (Å²) in [4.78, 5) is 10.1. The molecule has 0 radical (unpaired) electrons. The van der Waals surface area contributed by atoms with Gasteiger partial charge in [-0.3, -0.25) is 0 Å². The van der Waals surface area contributed by atoms with Gasteiger partial charge in [0.05, 0.1) is 30.1 Å². The van der Waals surface area contributed by atoms with Crippen LogP contribution >= 0.6 is 11.3 Å². The van der Waals surface area contributed by atoms with Crippen LogP contribution in [0.2, 0.25) is 0 Å². The second-order valence-corrected chi connectivity index (χ2v) is 5.63. The Morgan fingerprint density at radius 3 is 2.89 bits per heavy atom. The highest BCUT2D eigenvalue weighted by molar-refractivity contribution is 7.09. The Hall–Kier alpha value is -1.40. The van der Waals surface area contributed by atoms with Crippen molar-refractivity contribution < 1.29 is 4.74 Å². The minimum Gasteiger partial charge on any atom is -0.383 e. The molecule has 19 heavy (non-hydrogen) atoms. The van der Waals surface area contributed by atoms with Crippen molar-refractivity contribution >= 4 is 17.3 Å². The molecule has 0 amide bonds. The van der Waals surface area contributed by atoms with Gasteiger partial charge in [0.1, 0.15) is 0 Å². The summed E-state index contributed by atoms with van der Waals surface area (Å²) in [6.07, 6.45) is 2.06. The van der Waals surface area contributed by atoms with E-state index in [0.29, 0.717) is 6.61 Å². The molecule has 0 aliphatic carbocycles. The van der Waals surface area contributed by atoms with E-state index in [9.17, 15) is 0 Å². The van der Waals surface area contributed by atoms with Crippen molar-refractivity contribution in [2.75, 3.05) is 19.0 Å². The zero-order valence-corrected chi connectivity index (χ0v) is 12.6. The van der Waals surface area contributed by atoms with Gasteiger partial charge < -0.3 is 14.6 Å². The molecule has 0 aliphatic heterocycles. The lowest BCUT2D eigenvalue weighted by atomic mass is 10.3. The van der Waals surface area contributed by atoms with E-state index in [1.807, 2.05) is 19.4 Å². The highest BCUT2D eigenvalue weighted by atomic mass is 32.1. The molecule has 5 nitrogen and oxygen atoms in total. The van der Waals surface area contributed by atoms with Crippen molar-refractivity contribution in [1.82, 2.24) is 14.5 Å². The van der Waals surface area contributed by atoms with Crippen LogP contribution in [0.1, 0.15) is 23.2 Å². The Morgan fingerprint density at radius 1 is 1.47 bits per heavy atom. The van der Waals surface area contributed by atoms with E-state index >= 15 is 0 Å². The van der Waals surface area contributed by atoms with E-state index < -0.39 is 0 Å². The number of anilines is 1. The van der Waals surface area contributed by atoms with Crippen LogP contribution in [0.25, 0.3) is 0 Å². The number of hydrogen-bond donors (Lipinski definition) is 1. The molecule has 1 atom stereocenters. The second-order valence-electron chi connectivity index (χ2n) is 4.70. The number of imidazole rings is 1. The van der Waals surface area contributed by atoms with Gasteiger partial charge in [0.2, 0.25) is 5.95 Å². The summed E-state index contributed by atoms with van der Waals surface area (Å²) in [5.41, 5.74) is 3.98. The van der Waals surface area contributed by atoms with Gasteiger partial charge in [-0.15, -0.1) is 11.3 Å². The summed E-state index contributed by atoms with van der Waals surface area (Å²) in [7, 11) is 1.70. The molecule has 2 aromatic rings. The van der Waals surface area contributed by atoms with Crippen molar-refractivity contribution in [3.8, 4) is 0 Å². The predicted molar refractivity (Wildman–Crippen MR) is 77.9 cm³/mol. The highest BCUT2D eigenvalue weighted by Crippen LogP contribution is 2.18. The molecule has 6 heteroatoms. The number of methoxy groups -OCH3 is 1. The summed E-state index contributed by atoms with van der Waals surface area (Å²) in [5, 5.41) is 3.38. The first-order valence-corrected chi connectivity index (χ1v) is 7.16. The van der Waals surface area contributed by atoms with E-state index in [1.54, 1.807) is 18.4 Å². The standard InChI is InChI=1S/C13H20N4OS/c1-9-5-17(6-12-11(3)14-8-19-12)13(15-9)16-10(2)7-18-4/h5,8,10H,6-7H2,1-4H3,(H,15,16). The van der Waals surface area contributed by atoms with E-state index in [4.69, 9.17) is 4.74 Å². The fourth-order valence-electron chi connectivity index (χ4n) is 1.93. The normalized spacial score (nSPS) is 12.6. The van der Waals surface area contributed by atoms with Gasteiger partial charge in [-0.2, -0.15) is 0 Å². The SMILES string of the molecule is COCC(C)Nc1nc(C)cn1Cc1scnc1C. The van der Waals surface area contributed by atoms with Gasteiger partial charge >= 0.3 is 0 Å². The zero-order valence-electron chi connectivity index (χ0n) is 11.8. The van der Waals surface area contributed by atoms with Gasteiger partial charge in [-0.25, -0.2) is 9.97 Å². The molecule has 0 spiro atoms. The fraction of sp³-hybridized carbons (Fsp3) is 0.538. The lowest BCUT2D eigenvalue weighted by Crippen LogP contribution is -2.23. The van der Waals surface area contributed by atoms with Crippen LogP contribution in [0.4, 0.5) is 5.95 Å². The van der Waals surface area contributed by atoms with E-state index in [0.717, 1.165) is 23.9 Å². The average Bonchev–Trinajstić information content (AvgIpc) is 2.88. The molecule has 2 heterocycles. The van der Waals surface area contributed by atoms with Crippen molar-refractivity contribution in [1.29, 1.82) is 0 Å². The van der Waals surface area contributed by atoms with Crippen LogP contribution in [-0.4, -0.2) is 34.3 Å². The monoisotopic (exact) mass is 280 g/mol. The molecule has 0 aromatic carbocycles. The quantitative estimate of drug-likeness (QED) is 0.883. The average molecular weight is 280 g/mol. The van der Waals surface area contributed by atoms with Crippen LogP contribution in [0.5, 0.6) is 0 Å². The number of aryl methyl sites for hydroxylation is 2. The number of rotatable bonds is 6. The third kappa shape index (κ3) is 3.54. The van der Waals surface area contributed by atoms with Crippen molar-refractivity contribution in [3.63, 3.8) is 0 Å². The van der Waals surface area contributed by atoms with Gasteiger partial charge in [-0.1, -0.05) is 0 Å².